The molecule has 2 aromatic rings. The molecule has 0 bridgehead atoms. The van der Waals surface area contributed by atoms with E-state index in [1.807, 2.05) is 19.1 Å². The maximum Gasteiger partial charge on any atom is 0.179 e. The van der Waals surface area contributed by atoms with E-state index in [4.69, 9.17) is 37.4 Å². The number of hydrogen-bond acceptors (Lipinski definition) is 4. The Morgan fingerprint density at radius 2 is 1.70 bits per heavy atom. The van der Waals surface area contributed by atoms with Gasteiger partial charge in [-0.3, -0.25) is 4.79 Å². The molecule has 0 fully saturated rings. The number of carbonyl (C=O) groups excluding carboxylic acids is 1. The van der Waals surface area contributed by atoms with Gasteiger partial charge in [-0.1, -0.05) is 35.3 Å². The number of rotatable bonds is 8. The van der Waals surface area contributed by atoms with E-state index >= 15 is 0 Å². The van der Waals surface area contributed by atoms with Gasteiger partial charge in [0.05, 0.1) is 16.7 Å². The average molecular weight is 355 g/mol. The second-order valence-corrected chi connectivity index (χ2v) is 5.32. The summed E-state index contributed by atoms with van der Waals surface area (Å²) in [4.78, 5) is 10.9. The number of halogens is 2. The predicted octanol–water partition coefficient (Wildman–Crippen LogP) is 4.66. The Labute approximate surface area is 144 Å². The first-order valence-electron chi connectivity index (χ1n) is 7.07. The third-order valence-corrected chi connectivity index (χ3v) is 3.48. The first kappa shape index (κ1) is 17.4. The van der Waals surface area contributed by atoms with Crippen LogP contribution in [0.3, 0.4) is 0 Å². The van der Waals surface area contributed by atoms with Crippen LogP contribution in [0.2, 0.25) is 10.0 Å². The van der Waals surface area contributed by atoms with E-state index in [0.29, 0.717) is 52.4 Å². The quantitative estimate of drug-likeness (QED) is 0.510. The summed E-state index contributed by atoms with van der Waals surface area (Å²) in [5, 5.41) is 0.853. The summed E-state index contributed by atoms with van der Waals surface area (Å²) in [6.07, 6.45) is 0.707. The molecule has 0 unspecified atom stereocenters. The Bertz CT molecular complexity index is 674. The molecule has 0 aromatic heterocycles. The van der Waals surface area contributed by atoms with Crippen molar-refractivity contribution in [2.75, 3.05) is 19.8 Å². The van der Waals surface area contributed by atoms with Gasteiger partial charge in [0.15, 0.2) is 11.5 Å². The second-order valence-electron chi connectivity index (χ2n) is 4.51. The molecule has 0 radical (unpaired) electrons. The molecule has 0 heterocycles. The van der Waals surface area contributed by atoms with Crippen LogP contribution >= 0.6 is 23.2 Å². The van der Waals surface area contributed by atoms with Crippen molar-refractivity contribution < 1.29 is 19.0 Å². The lowest BCUT2D eigenvalue weighted by Crippen LogP contribution is -2.10. The molecular formula is C17H16Cl2O4. The molecule has 0 aliphatic heterocycles. The van der Waals surface area contributed by atoms with Gasteiger partial charge in [0, 0.05) is 5.56 Å². The van der Waals surface area contributed by atoms with Crippen molar-refractivity contribution in [3.8, 4) is 17.2 Å². The molecule has 2 aromatic carbocycles. The summed E-state index contributed by atoms with van der Waals surface area (Å²) >= 11 is 12.1. The van der Waals surface area contributed by atoms with Crippen LogP contribution in [-0.2, 0) is 0 Å². The molecular weight excluding hydrogens is 339 g/mol. The number of hydrogen-bond donors (Lipinski definition) is 0. The highest BCUT2D eigenvalue weighted by atomic mass is 35.5. The number of para-hydroxylation sites is 1. The lowest BCUT2D eigenvalue weighted by atomic mass is 10.2. The third-order valence-electron chi connectivity index (χ3n) is 2.89. The standard InChI is InChI=1S/C17H16Cl2O4/c1-2-21-16-10-12(11-20)9-14(19)17(16)23-8-7-22-15-6-4-3-5-13(15)18/h3-6,9-11H,2,7-8H2,1H3. The van der Waals surface area contributed by atoms with Crippen molar-refractivity contribution in [1.29, 1.82) is 0 Å². The minimum atomic E-state index is 0.255. The molecule has 122 valence electrons. The van der Waals surface area contributed by atoms with Crippen LogP contribution in [0.4, 0.5) is 0 Å². The second kappa shape index (κ2) is 8.65. The smallest absolute Gasteiger partial charge is 0.179 e. The molecule has 0 N–H and O–H groups in total. The minimum absolute atomic E-state index is 0.255. The van der Waals surface area contributed by atoms with E-state index in [1.54, 1.807) is 18.2 Å². The number of ether oxygens (including phenoxy) is 3. The van der Waals surface area contributed by atoms with Crippen molar-refractivity contribution in [1.82, 2.24) is 0 Å². The molecule has 0 aliphatic rings. The van der Waals surface area contributed by atoms with E-state index in [2.05, 4.69) is 0 Å². The fraction of sp³-hybridized carbons (Fsp3) is 0.235. The van der Waals surface area contributed by atoms with Gasteiger partial charge in [-0.15, -0.1) is 0 Å². The molecule has 0 spiro atoms. The number of benzene rings is 2. The first-order chi connectivity index (χ1) is 11.2. The molecule has 4 nitrogen and oxygen atoms in total. The zero-order valence-corrected chi connectivity index (χ0v) is 14.1. The van der Waals surface area contributed by atoms with Crippen LogP contribution < -0.4 is 14.2 Å². The van der Waals surface area contributed by atoms with Crippen LogP contribution in [0, 0.1) is 0 Å². The molecule has 0 atom stereocenters. The molecule has 0 aliphatic carbocycles. The van der Waals surface area contributed by atoms with Crippen molar-refractivity contribution in [3.05, 3.63) is 52.0 Å². The lowest BCUT2D eigenvalue weighted by molar-refractivity contribution is 0.112. The van der Waals surface area contributed by atoms with Crippen molar-refractivity contribution in [3.63, 3.8) is 0 Å². The Balaban J connectivity index is 1.99. The maximum atomic E-state index is 10.9. The normalized spacial score (nSPS) is 10.2. The van der Waals surface area contributed by atoms with Crippen molar-refractivity contribution >= 4 is 29.5 Å². The summed E-state index contributed by atoms with van der Waals surface area (Å²) in [5.41, 5.74) is 0.429. The van der Waals surface area contributed by atoms with Gasteiger partial charge in [0.2, 0.25) is 0 Å². The summed E-state index contributed by atoms with van der Waals surface area (Å²) in [7, 11) is 0. The van der Waals surface area contributed by atoms with Gasteiger partial charge in [-0.2, -0.15) is 0 Å². The highest BCUT2D eigenvalue weighted by Gasteiger charge is 2.12. The monoisotopic (exact) mass is 354 g/mol. The Morgan fingerprint density at radius 1 is 0.957 bits per heavy atom. The predicted molar refractivity (Wildman–Crippen MR) is 90.5 cm³/mol. The number of aldehydes is 1. The highest BCUT2D eigenvalue weighted by molar-refractivity contribution is 6.32. The van der Waals surface area contributed by atoms with Gasteiger partial charge >= 0.3 is 0 Å². The molecule has 0 saturated carbocycles. The van der Waals surface area contributed by atoms with Crippen LogP contribution in [0.1, 0.15) is 17.3 Å². The van der Waals surface area contributed by atoms with E-state index in [-0.39, 0.29) is 6.61 Å². The van der Waals surface area contributed by atoms with Crippen molar-refractivity contribution in [2.24, 2.45) is 0 Å². The molecule has 6 heteroatoms. The minimum Gasteiger partial charge on any atom is -0.490 e. The summed E-state index contributed by atoms with van der Waals surface area (Å²) in [6, 6.07) is 10.3. The van der Waals surface area contributed by atoms with Crippen LogP contribution in [0.5, 0.6) is 17.2 Å². The fourth-order valence-corrected chi connectivity index (χ4v) is 2.38. The lowest BCUT2D eigenvalue weighted by Gasteiger charge is -2.14. The van der Waals surface area contributed by atoms with Gasteiger partial charge in [0.25, 0.3) is 0 Å². The topological polar surface area (TPSA) is 44.8 Å². The van der Waals surface area contributed by atoms with E-state index in [9.17, 15) is 4.79 Å². The van der Waals surface area contributed by atoms with Gasteiger partial charge < -0.3 is 14.2 Å². The van der Waals surface area contributed by atoms with Crippen LogP contribution in [0.25, 0.3) is 0 Å². The molecule has 2 rings (SSSR count). The average Bonchev–Trinajstić information content (AvgIpc) is 2.55. The van der Waals surface area contributed by atoms with Gasteiger partial charge in [0.1, 0.15) is 25.2 Å². The van der Waals surface area contributed by atoms with Crippen LogP contribution in [0.15, 0.2) is 36.4 Å². The zero-order valence-electron chi connectivity index (χ0n) is 12.6. The first-order valence-corrected chi connectivity index (χ1v) is 7.83. The Hall–Kier alpha value is -1.91. The Morgan fingerprint density at radius 3 is 2.39 bits per heavy atom. The van der Waals surface area contributed by atoms with Gasteiger partial charge in [-0.05, 0) is 31.2 Å². The van der Waals surface area contributed by atoms with E-state index in [0.717, 1.165) is 0 Å². The largest absolute Gasteiger partial charge is 0.490 e. The fourth-order valence-electron chi connectivity index (χ4n) is 1.92. The SMILES string of the molecule is CCOc1cc(C=O)cc(Cl)c1OCCOc1ccccc1Cl. The number of carbonyl (C=O) groups is 1. The zero-order chi connectivity index (χ0) is 16.7. The summed E-state index contributed by atoms with van der Waals surface area (Å²) < 4.78 is 16.7. The summed E-state index contributed by atoms with van der Waals surface area (Å²) in [5.74, 6) is 1.41. The summed E-state index contributed by atoms with van der Waals surface area (Å²) in [6.45, 7) is 2.82. The Kier molecular flexibility index (Phi) is 6.56. The van der Waals surface area contributed by atoms with Crippen molar-refractivity contribution in [2.45, 2.75) is 6.92 Å². The van der Waals surface area contributed by atoms with E-state index < -0.39 is 0 Å². The van der Waals surface area contributed by atoms with Gasteiger partial charge in [-0.25, -0.2) is 0 Å². The van der Waals surface area contributed by atoms with E-state index in [1.165, 1.54) is 6.07 Å². The molecule has 23 heavy (non-hydrogen) atoms. The third kappa shape index (κ3) is 4.78. The highest BCUT2D eigenvalue weighted by Crippen LogP contribution is 2.36. The molecule has 0 amide bonds. The molecule has 0 saturated heterocycles. The maximum absolute atomic E-state index is 10.9. The van der Waals surface area contributed by atoms with Crippen LogP contribution in [-0.4, -0.2) is 26.1 Å².